The first-order valence-electron chi connectivity index (χ1n) is 4.05. The first-order valence-corrected chi connectivity index (χ1v) is 4.05. The van der Waals surface area contributed by atoms with Gasteiger partial charge in [0, 0.05) is 18.6 Å². The lowest BCUT2D eigenvalue weighted by Gasteiger charge is -2.04. The monoisotopic (exact) mass is 191 g/mol. The lowest BCUT2D eigenvalue weighted by atomic mass is 10.2. The zero-order valence-corrected chi connectivity index (χ0v) is 7.53. The largest absolute Gasteiger partial charge is 0.386 e. The van der Waals surface area contributed by atoms with Gasteiger partial charge in [0.15, 0.2) is 11.3 Å². The number of carbonyl (C=O) groups is 1. The zero-order chi connectivity index (χ0) is 10.1. The molecule has 0 saturated heterocycles. The average Bonchev–Trinajstić information content (AvgIpc) is 2.63. The number of carbonyl (C=O) groups excluding carboxylic acids is 1. The Morgan fingerprint density at radius 2 is 2.36 bits per heavy atom. The molecule has 0 unspecified atom stereocenters. The van der Waals surface area contributed by atoms with Crippen LogP contribution in [0.15, 0.2) is 12.3 Å². The molecule has 0 aromatic carbocycles. The number of rotatable bonds is 2. The Labute approximate surface area is 79.5 Å². The zero-order valence-electron chi connectivity index (χ0n) is 7.53. The molecule has 0 spiro atoms. The summed E-state index contributed by atoms with van der Waals surface area (Å²) in [5, 5.41) is 11.2. The predicted molar refractivity (Wildman–Crippen MR) is 52.0 cm³/mol. The maximum atomic E-state index is 11.0. The van der Waals surface area contributed by atoms with E-state index in [4.69, 9.17) is 5.73 Å². The third-order valence-corrected chi connectivity index (χ3v) is 1.96. The first-order chi connectivity index (χ1) is 6.74. The van der Waals surface area contributed by atoms with E-state index in [1.54, 1.807) is 13.2 Å². The number of hydrogen-bond acceptors (Lipinski definition) is 4. The lowest BCUT2D eigenvalue weighted by molar-refractivity contribution is 0.0995. The number of nitrogens with zero attached hydrogens (tertiary/aromatic N) is 2. The normalized spacial score (nSPS) is 10.4. The van der Waals surface area contributed by atoms with Gasteiger partial charge in [0.1, 0.15) is 0 Å². The van der Waals surface area contributed by atoms with Crippen LogP contribution >= 0.6 is 0 Å². The summed E-state index contributed by atoms with van der Waals surface area (Å²) in [7, 11) is 1.70. The molecule has 0 atom stereocenters. The van der Waals surface area contributed by atoms with Crippen LogP contribution in [0.25, 0.3) is 11.0 Å². The molecule has 2 rings (SSSR count). The lowest BCUT2D eigenvalue weighted by Crippen LogP contribution is -2.16. The molecule has 0 saturated carbocycles. The fourth-order valence-corrected chi connectivity index (χ4v) is 1.35. The fourth-order valence-electron chi connectivity index (χ4n) is 1.35. The minimum Gasteiger partial charge on any atom is -0.386 e. The third kappa shape index (κ3) is 1.08. The van der Waals surface area contributed by atoms with E-state index in [1.165, 1.54) is 0 Å². The summed E-state index contributed by atoms with van der Waals surface area (Å²) in [5.41, 5.74) is 6.54. The molecule has 6 heteroatoms. The highest BCUT2D eigenvalue weighted by atomic mass is 16.1. The molecule has 2 heterocycles. The highest BCUT2D eigenvalue weighted by molar-refractivity contribution is 6.03. The second-order valence-electron chi connectivity index (χ2n) is 2.78. The minimum absolute atomic E-state index is 0.152. The Morgan fingerprint density at radius 1 is 1.57 bits per heavy atom. The average molecular weight is 191 g/mol. The molecule has 4 N–H and O–H groups in total. The van der Waals surface area contributed by atoms with E-state index < -0.39 is 5.91 Å². The highest BCUT2D eigenvalue weighted by Gasteiger charge is 2.13. The van der Waals surface area contributed by atoms with Crippen molar-refractivity contribution in [1.29, 1.82) is 0 Å². The summed E-state index contributed by atoms with van der Waals surface area (Å²) in [6.07, 6.45) is 1.73. The molecule has 0 bridgehead atoms. The van der Waals surface area contributed by atoms with Crippen LogP contribution in [0.1, 0.15) is 10.5 Å². The molecule has 0 aliphatic heterocycles. The standard InChI is InChI=1S/C8H9N5O/c1-10-5-4-2-3-11-8(4)13-12-6(5)7(9)14/h2-3H,1H3,(H2,9,14)(H2,10,11,13). The topological polar surface area (TPSA) is 96.7 Å². The van der Waals surface area contributed by atoms with Gasteiger partial charge >= 0.3 is 0 Å². The molecule has 2 aromatic heterocycles. The van der Waals surface area contributed by atoms with E-state index in [9.17, 15) is 4.79 Å². The summed E-state index contributed by atoms with van der Waals surface area (Å²) >= 11 is 0. The molecule has 0 fully saturated rings. The van der Waals surface area contributed by atoms with Crippen LogP contribution in [-0.2, 0) is 0 Å². The number of aromatic amines is 1. The Bertz CT molecular complexity index is 489. The van der Waals surface area contributed by atoms with Gasteiger partial charge in [0.2, 0.25) is 0 Å². The van der Waals surface area contributed by atoms with Crippen molar-refractivity contribution in [1.82, 2.24) is 15.2 Å². The van der Waals surface area contributed by atoms with Crippen molar-refractivity contribution in [2.24, 2.45) is 5.73 Å². The van der Waals surface area contributed by atoms with Crippen LogP contribution in [0.2, 0.25) is 0 Å². The van der Waals surface area contributed by atoms with E-state index in [2.05, 4.69) is 20.5 Å². The Kier molecular flexibility index (Phi) is 1.81. The summed E-state index contributed by atoms with van der Waals surface area (Å²) < 4.78 is 0. The maximum Gasteiger partial charge on any atom is 0.271 e. The highest BCUT2D eigenvalue weighted by Crippen LogP contribution is 2.22. The molecule has 1 amide bonds. The van der Waals surface area contributed by atoms with Crippen LogP contribution in [0.4, 0.5) is 5.69 Å². The molecular weight excluding hydrogens is 182 g/mol. The number of anilines is 1. The first kappa shape index (κ1) is 8.49. The summed E-state index contributed by atoms with van der Waals surface area (Å²) in [5.74, 6) is -0.593. The maximum absolute atomic E-state index is 11.0. The van der Waals surface area contributed by atoms with E-state index in [1.807, 2.05) is 6.07 Å². The summed E-state index contributed by atoms with van der Waals surface area (Å²) in [6.45, 7) is 0. The number of H-pyrrole nitrogens is 1. The van der Waals surface area contributed by atoms with Crippen LogP contribution in [-0.4, -0.2) is 28.1 Å². The third-order valence-electron chi connectivity index (χ3n) is 1.96. The number of nitrogens with one attached hydrogen (secondary N) is 2. The number of fused-ring (bicyclic) bond motifs is 1. The Balaban J connectivity index is 2.78. The van der Waals surface area contributed by atoms with Crippen LogP contribution in [0.3, 0.4) is 0 Å². The molecular formula is C8H9N5O. The number of aromatic nitrogens is 3. The van der Waals surface area contributed by atoms with Crippen molar-refractivity contribution in [3.05, 3.63) is 18.0 Å². The molecule has 0 aliphatic carbocycles. The Hall–Kier alpha value is -2.11. The van der Waals surface area contributed by atoms with Gasteiger partial charge in [-0.05, 0) is 6.07 Å². The number of primary amides is 1. The molecule has 6 nitrogen and oxygen atoms in total. The van der Waals surface area contributed by atoms with Crippen molar-refractivity contribution < 1.29 is 4.79 Å². The van der Waals surface area contributed by atoms with Gasteiger partial charge in [-0.1, -0.05) is 0 Å². The van der Waals surface area contributed by atoms with Crippen molar-refractivity contribution in [2.45, 2.75) is 0 Å². The van der Waals surface area contributed by atoms with Gasteiger partial charge < -0.3 is 16.0 Å². The minimum atomic E-state index is -0.593. The second-order valence-corrected chi connectivity index (χ2v) is 2.78. The second kappa shape index (κ2) is 2.99. The van der Waals surface area contributed by atoms with E-state index >= 15 is 0 Å². The fraction of sp³-hybridized carbons (Fsp3) is 0.125. The van der Waals surface area contributed by atoms with Gasteiger partial charge in [-0.25, -0.2) is 0 Å². The van der Waals surface area contributed by atoms with Gasteiger partial charge in [-0.3, -0.25) is 4.79 Å². The van der Waals surface area contributed by atoms with E-state index in [0.717, 1.165) is 5.39 Å². The van der Waals surface area contributed by atoms with Gasteiger partial charge in [-0.15, -0.1) is 10.2 Å². The van der Waals surface area contributed by atoms with Gasteiger partial charge in [0.25, 0.3) is 5.91 Å². The molecule has 0 radical (unpaired) electrons. The summed E-state index contributed by atoms with van der Waals surface area (Å²) in [6, 6.07) is 1.81. The summed E-state index contributed by atoms with van der Waals surface area (Å²) in [4.78, 5) is 13.9. The van der Waals surface area contributed by atoms with Crippen LogP contribution < -0.4 is 11.1 Å². The predicted octanol–water partition coefficient (Wildman–Crippen LogP) is 0.0985. The van der Waals surface area contributed by atoms with Gasteiger partial charge in [-0.2, -0.15) is 0 Å². The number of nitrogens with two attached hydrogens (primary N) is 1. The quantitative estimate of drug-likeness (QED) is 0.627. The van der Waals surface area contributed by atoms with Crippen molar-refractivity contribution in [2.75, 3.05) is 12.4 Å². The SMILES string of the molecule is CNc1c(C(N)=O)nnc2[nH]ccc12. The number of hydrogen-bond donors (Lipinski definition) is 3. The molecule has 14 heavy (non-hydrogen) atoms. The van der Waals surface area contributed by atoms with Crippen LogP contribution in [0.5, 0.6) is 0 Å². The van der Waals surface area contributed by atoms with Crippen molar-refractivity contribution in [3.63, 3.8) is 0 Å². The van der Waals surface area contributed by atoms with Crippen LogP contribution in [0, 0.1) is 0 Å². The van der Waals surface area contributed by atoms with Crippen molar-refractivity contribution >= 4 is 22.6 Å². The smallest absolute Gasteiger partial charge is 0.271 e. The Morgan fingerprint density at radius 3 is 3.00 bits per heavy atom. The van der Waals surface area contributed by atoms with Crippen molar-refractivity contribution in [3.8, 4) is 0 Å². The van der Waals surface area contributed by atoms with E-state index in [0.29, 0.717) is 11.3 Å². The molecule has 72 valence electrons. The number of amides is 1. The molecule has 0 aliphatic rings. The van der Waals surface area contributed by atoms with E-state index in [-0.39, 0.29) is 5.69 Å². The van der Waals surface area contributed by atoms with Gasteiger partial charge in [0.05, 0.1) is 5.69 Å². The molecule has 2 aromatic rings.